The molecule has 2 atom stereocenters. The normalized spacial score (nSPS) is 15.0. The third-order valence-electron chi connectivity index (χ3n) is 4.00. The number of ether oxygens (including phenoxy) is 1. The van der Waals surface area contributed by atoms with Gasteiger partial charge in [0.2, 0.25) is 0 Å². The minimum Gasteiger partial charge on any atom is -0.379 e. The lowest BCUT2D eigenvalue weighted by Gasteiger charge is -2.22. The first-order valence-electron chi connectivity index (χ1n) is 8.24. The molecule has 1 N–H and O–H groups in total. The van der Waals surface area contributed by atoms with Crippen LogP contribution in [0.15, 0.2) is 24.3 Å². The van der Waals surface area contributed by atoms with Crippen molar-refractivity contribution in [1.29, 1.82) is 0 Å². The number of hydrogen-bond donors (Lipinski definition) is 1. The summed E-state index contributed by atoms with van der Waals surface area (Å²) >= 11 is 0. The summed E-state index contributed by atoms with van der Waals surface area (Å²) < 4.78 is 5.89. The van der Waals surface area contributed by atoms with Gasteiger partial charge in [-0.05, 0) is 35.9 Å². The fourth-order valence-electron chi connectivity index (χ4n) is 2.52. The lowest BCUT2D eigenvalue weighted by Crippen LogP contribution is -2.23. The first-order chi connectivity index (χ1) is 9.88. The highest BCUT2D eigenvalue weighted by atomic mass is 16.5. The Morgan fingerprint density at radius 2 is 1.71 bits per heavy atom. The van der Waals surface area contributed by atoms with Gasteiger partial charge in [0, 0.05) is 6.61 Å². The van der Waals surface area contributed by atoms with Gasteiger partial charge in [0.25, 0.3) is 0 Å². The Bertz CT molecular complexity index is 391. The number of likely N-dealkylation sites (N-methyl/N-ethyl adjacent to an activating group) is 1. The van der Waals surface area contributed by atoms with Crippen LogP contribution in [0.3, 0.4) is 0 Å². The van der Waals surface area contributed by atoms with Crippen LogP contribution in [0.25, 0.3) is 0 Å². The van der Waals surface area contributed by atoms with Crippen LogP contribution < -0.4 is 5.32 Å². The summed E-state index contributed by atoms with van der Waals surface area (Å²) in [7, 11) is 2.00. The van der Waals surface area contributed by atoms with Gasteiger partial charge >= 0.3 is 0 Å². The zero-order valence-electron chi connectivity index (χ0n) is 14.7. The van der Waals surface area contributed by atoms with Crippen LogP contribution >= 0.6 is 0 Å². The first-order valence-corrected chi connectivity index (χ1v) is 8.24. The second kappa shape index (κ2) is 8.55. The zero-order chi connectivity index (χ0) is 15.9. The van der Waals surface area contributed by atoms with E-state index >= 15 is 0 Å². The summed E-state index contributed by atoms with van der Waals surface area (Å²) in [6, 6.07) is 9.19. The Morgan fingerprint density at radius 3 is 2.19 bits per heavy atom. The Morgan fingerprint density at radius 1 is 1.10 bits per heavy atom. The van der Waals surface area contributed by atoms with Crippen molar-refractivity contribution in [3.63, 3.8) is 0 Å². The minimum absolute atomic E-state index is 0.208. The molecule has 0 aliphatic carbocycles. The van der Waals surface area contributed by atoms with E-state index in [9.17, 15) is 0 Å². The van der Waals surface area contributed by atoms with E-state index < -0.39 is 0 Å². The topological polar surface area (TPSA) is 21.3 Å². The van der Waals surface area contributed by atoms with Crippen molar-refractivity contribution in [2.75, 3.05) is 20.3 Å². The van der Waals surface area contributed by atoms with Gasteiger partial charge in [-0.15, -0.1) is 0 Å². The van der Waals surface area contributed by atoms with E-state index in [1.165, 1.54) is 24.0 Å². The van der Waals surface area contributed by atoms with Gasteiger partial charge in [0.05, 0.1) is 12.6 Å². The standard InChI is InChI=1S/C19H33NO/c1-7-8-15(2)13-21-14-18(20-6)16-9-11-17(12-10-16)19(3,4)5/h9-12,15,18,20H,7-8,13-14H2,1-6H3. The molecule has 1 aromatic carbocycles. The van der Waals surface area contributed by atoms with E-state index in [4.69, 9.17) is 4.74 Å². The van der Waals surface area contributed by atoms with Gasteiger partial charge in [-0.1, -0.05) is 65.3 Å². The second-order valence-electron chi connectivity index (χ2n) is 7.14. The van der Waals surface area contributed by atoms with E-state index in [2.05, 4.69) is 64.2 Å². The number of benzene rings is 1. The molecule has 0 saturated carbocycles. The highest BCUT2D eigenvalue weighted by molar-refractivity contribution is 5.29. The lowest BCUT2D eigenvalue weighted by atomic mass is 9.86. The number of hydrogen-bond acceptors (Lipinski definition) is 2. The maximum Gasteiger partial charge on any atom is 0.0661 e. The minimum atomic E-state index is 0.208. The lowest BCUT2D eigenvalue weighted by molar-refractivity contribution is 0.0849. The molecule has 0 aliphatic heterocycles. The van der Waals surface area contributed by atoms with Crippen LogP contribution in [-0.4, -0.2) is 20.3 Å². The van der Waals surface area contributed by atoms with Crippen molar-refractivity contribution in [3.8, 4) is 0 Å². The van der Waals surface area contributed by atoms with E-state index in [-0.39, 0.29) is 11.5 Å². The van der Waals surface area contributed by atoms with Crippen molar-refractivity contribution >= 4 is 0 Å². The van der Waals surface area contributed by atoms with Crippen molar-refractivity contribution in [3.05, 3.63) is 35.4 Å². The monoisotopic (exact) mass is 291 g/mol. The predicted molar refractivity (Wildman–Crippen MR) is 91.8 cm³/mol. The quantitative estimate of drug-likeness (QED) is 0.749. The molecule has 0 aliphatic rings. The van der Waals surface area contributed by atoms with Crippen molar-refractivity contribution in [2.45, 2.75) is 58.9 Å². The molecular formula is C19H33NO. The molecule has 0 radical (unpaired) electrons. The number of rotatable bonds is 8. The zero-order valence-corrected chi connectivity index (χ0v) is 14.7. The van der Waals surface area contributed by atoms with Gasteiger partial charge in [-0.2, -0.15) is 0 Å². The van der Waals surface area contributed by atoms with E-state index in [0.717, 1.165) is 13.2 Å². The average molecular weight is 291 g/mol. The molecule has 0 saturated heterocycles. The van der Waals surface area contributed by atoms with E-state index in [0.29, 0.717) is 5.92 Å². The molecule has 120 valence electrons. The Balaban J connectivity index is 2.56. The third kappa shape index (κ3) is 6.19. The first kappa shape index (κ1) is 18.2. The van der Waals surface area contributed by atoms with Gasteiger partial charge < -0.3 is 10.1 Å². The average Bonchev–Trinajstić information content (AvgIpc) is 2.43. The summed E-state index contributed by atoms with van der Waals surface area (Å²) in [6.45, 7) is 12.8. The van der Waals surface area contributed by atoms with E-state index in [1.54, 1.807) is 0 Å². The summed E-state index contributed by atoms with van der Waals surface area (Å²) in [5.74, 6) is 0.649. The fraction of sp³-hybridized carbons (Fsp3) is 0.684. The molecule has 0 bridgehead atoms. The van der Waals surface area contributed by atoms with Crippen LogP contribution in [0.4, 0.5) is 0 Å². The molecule has 2 heteroatoms. The molecule has 0 heterocycles. The van der Waals surface area contributed by atoms with Gasteiger partial charge in [0.1, 0.15) is 0 Å². The van der Waals surface area contributed by atoms with Crippen molar-refractivity contribution in [1.82, 2.24) is 5.32 Å². The van der Waals surface area contributed by atoms with Crippen LogP contribution in [0, 0.1) is 5.92 Å². The molecule has 0 fully saturated rings. The maximum absolute atomic E-state index is 5.89. The molecule has 2 unspecified atom stereocenters. The smallest absolute Gasteiger partial charge is 0.0661 e. The molecule has 21 heavy (non-hydrogen) atoms. The Hall–Kier alpha value is -0.860. The van der Waals surface area contributed by atoms with Gasteiger partial charge in [0.15, 0.2) is 0 Å². The molecule has 1 aromatic rings. The van der Waals surface area contributed by atoms with Crippen LogP contribution in [0.1, 0.15) is 64.6 Å². The Kier molecular flexibility index (Phi) is 7.41. The molecule has 0 amide bonds. The van der Waals surface area contributed by atoms with Gasteiger partial charge in [-0.3, -0.25) is 0 Å². The fourth-order valence-corrected chi connectivity index (χ4v) is 2.52. The summed E-state index contributed by atoms with van der Waals surface area (Å²) in [5.41, 5.74) is 2.88. The molecule has 0 aromatic heterocycles. The van der Waals surface area contributed by atoms with Crippen LogP contribution in [-0.2, 0) is 10.2 Å². The SMILES string of the molecule is CCCC(C)COCC(NC)c1ccc(C(C)(C)C)cc1. The van der Waals surface area contributed by atoms with Crippen molar-refractivity contribution < 1.29 is 4.74 Å². The Labute approximate surface area is 131 Å². The second-order valence-corrected chi connectivity index (χ2v) is 7.14. The van der Waals surface area contributed by atoms with Crippen molar-refractivity contribution in [2.24, 2.45) is 5.92 Å². The van der Waals surface area contributed by atoms with Crippen LogP contribution in [0.5, 0.6) is 0 Å². The largest absolute Gasteiger partial charge is 0.379 e. The highest BCUT2D eigenvalue weighted by Crippen LogP contribution is 2.24. The maximum atomic E-state index is 5.89. The molecular weight excluding hydrogens is 258 g/mol. The highest BCUT2D eigenvalue weighted by Gasteiger charge is 2.15. The molecule has 1 rings (SSSR count). The van der Waals surface area contributed by atoms with Gasteiger partial charge in [-0.25, -0.2) is 0 Å². The number of nitrogens with one attached hydrogen (secondary N) is 1. The molecule has 0 spiro atoms. The summed E-state index contributed by atoms with van der Waals surface area (Å²) in [5, 5.41) is 3.36. The predicted octanol–water partition coefficient (Wildman–Crippen LogP) is 4.70. The third-order valence-corrected chi connectivity index (χ3v) is 4.00. The van der Waals surface area contributed by atoms with Crippen LogP contribution in [0.2, 0.25) is 0 Å². The van der Waals surface area contributed by atoms with E-state index in [1.807, 2.05) is 7.05 Å². The molecule has 2 nitrogen and oxygen atoms in total. The summed E-state index contributed by atoms with van der Waals surface area (Å²) in [4.78, 5) is 0. The summed E-state index contributed by atoms with van der Waals surface area (Å²) in [6.07, 6.45) is 2.47.